The van der Waals surface area contributed by atoms with E-state index in [1.54, 1.807) is 12.1 Å². The van der Waals surface area contributed by atoms with Crippen LogP contribution < -0.4 is 4.72 Å². The number of sulfonamides is 1. The number of hydrogen-bond donors (Lipinski definition) is 1. The third-order valence-corrected chi connectivity index (χ3v) is 5.26. The van der Waals surface area contributed by atoms with Crippen molar-refractivity contribution in [2.75, 3.05) is 0 Å². The largest absolute Gasteiger partial charge is 0.338 e. The third-order valence-electron chi connectivity index (χ3n) is 3.32. The quantitative estimate of drug-likeness (QED) is 0.701. The molecule has 0 unspecified atom stereocenters. The van der Waals surface area contributed by atoms with Gasteiger partial charge in [0.2, 0.25) is 21.7 Å². The number of benzene rings is 2. The molecule has 2 aromatic carbocycles. The van der Waals surface area contributed by atoms with E-state index in [0.29, 0.717) is 5.82 Å². The average molecular weight is 408 g/mol. The van der Waals surface area contributed by atoms with Crippen LogP contribution in [0.25, 0.3) is 11.4 Å². The Morgan fingerprint density at radius 2 is 1.75 bits per heavy atom. The second kappa shape index (κ2) is 6.84. The van der Waals surface area contributed by atoms with Crippen LogP contribution in [0.3, 0.4) is 0 Å². The van der Waals surface area contributed by atoms with Gasteiger partial charge in [-0.3, -0.25) is 0 Å². The predicted molar refractivity (Wildman–Crippen MR) is 92.6 cm³/mol. The molecule has 0 bridgehead atoms. The summed E-state index contributed by atoms with van der Waals surface area (Å²) in [5, 5.41) is 3.87. The lowest BCUT2D eigenvalue weighted by atomic mass is 10.1. The molecule has 0 aliphatic carbocycles. The fourth-order valence-corrected chi connectivity index (χ4v) is 3.24. The summed E-state index contributed by atoms with van der Waals surface area (Å²) < 4.78 is 32.8. The Labute approximate surface area is 148 Å². The lowest BCUT2D eigenvalue weighted by molar-refractivity contribution is 0.376. The molecule has 0 aliphatic rings. The Morgan fingerprint density at radius 3 is 2.42 bits per heavy atom. The Morgan fingerprint density at radius 1 is 1.08 bits per heavy atom. The van der Waals surface area contributed by atoms with Crippen LogP contribution in [-0.2, 0) is 16.6 Å². The topological polar surface area (TPSA) is 85.1 Å². The second-order valence-electron chi connectivity index (χ2n) is 5.16. The van der Waals surface area contributed by atoms with Crippen molar-refractivity contribution in [3.63, 3.8) is 0 Å². The number of aromatic nitrogens is 2. The van der Waals surface area contributed by atoms with E-state index in [9.17, 15) is 8.42 Å². The van der Waals surface area contributed by atoms with Gasteiger partial charge in [0, 0.05) is 10.0 Å². The van der Waals surface area contributed by atoms with Gasteiger partial charge in [0.15, 0.2) is 0 Å². The van der Waals surface area contributed by atoms with Crippen molar-refractivity contribution in [1.82, 2.24) is 14.9 Å². The van der Waals surface area contributed by atoms with Crippen molar-refractivity contribution >= 4 is 26.0 Å². The Kier molecular flexibility index (Phi) is 4.79. The molecule has 1 heterocycles. The highest BCUT2D eigenvalue weighted by atomic mass is 79.9. The lowest BCUT2D eigenvalue weighted by Gasteiger charge is -2.04. The molecule has 0 atom stereocenters. The molecule has 24 heavy (non-hydrogen) atoms. The number of hydrogen-bond acceptors (Lipinski definition) is 5. The summed E-state index contributed by atoms with van der Waals surface area (Å²) in [7, 11) is -3.63. The van der Waals surface area contributed by atoms with Gasteiger partial charge < -0.3 is 4.52 Å². The van der Waals surface area contributed by atoms with Gasteiger partial charge in [0.25, 0.3) is 0 Å². The fourth-order valence-electron chi connectivity index (χ4n) is 2.00. The minimum absolute atomic E-state index is 0.0722. The van der Waals surface area contributed by atoms with E-state index in [1.165, 1.54) is 12.1 Å². The van der Waals surface area contributed by atoms with Gasteiger partial charge in [-0.1, -0.05) is 50.9 Å². The van der Waals surface area contributed by atoms with Crippen molar-refractivity contribution in [2.24, 2.45) is 0 Å². The number of nitrogens with zero attached hydrogens (tertiary/aromatic N) is 2. The average Bonchev–Trinajstić information content (AvgIpc) is 3.03. The van der Waals surface area contributed by atoms with Gasteiger partial charge in [-0.25, -0.2) is 13.1 Å². The summed E-state index contributed by atoms with van der Waals surface area (Å²) in [5.74, 6) is 0.624. The normalized spacial score (nSPS) is 11.6. The Bertz CT molecular complexity index is 935. The fraction of sp³-hybridized carbons (Fsp3) is 0.125. The molecule has 3 rings (SSSR count). The van der Waals surface area contributed by atoms with Crippen LogP contribution in [0.4, 0.5) is 0 Å². The first kappa shape index (κ1) is 16.8. The van der Waals surface area contributed by atoms with Gasteiger partial charge in [-0.15, -0.1) is 0 Å². The smallest absolute Gasteiger partial charge is 0.242 e. The van der Waals surface area contributed by atoms with E-state index >= 15 is 0 Å². The zero-order valence-electron chi connectivity index (χ0n) is 12.7. The van der Waals surface area contributed by atoms with Crippen LogP contribution in [0.1, 0.15) is 11.5 Å². The molecular formula is C16H14BrN3O3S. The van der Waals surface area contributed by atoms with Gasteiger partial charge in [-0.2, -0.15) is 4.98 Å². The summed E-state index contributed by atoms with van der Waals surface area (Å²) in [4.78, 5) is 4.38. The van der Waals surface area contributed by atoms with E-state index in [4.69, 9.17) is 4.52 Å². The summed E-state index contributed by atoms with van der Waals surface area (Å²) >= 11 is 3.27. The maximum atomic E-state index is 12.2. The molecule has 124 valence electrons. The molecule has 1 N–H and O–H groups in total. The molecule has 8 heteroatoms. The predicted octanol–water partition coefficient (Wildman–Crippen LogP) is 3.29. The summed E-state index contributed by atoms with van der Waals surface area (Å²) in [6, 6.07) is 14.0. The molecule has 1 aromatic heterocycles. The molecule has 0 aliphatic heterocycles. The number of nitrogens with one attached hydrogen (secondary N) is 1. The van der Waals surface area contributed by atoms with E-state index in [2.05, 4.69) is 30.8 Å². The SMILES string of the molecule is Cc1ccc(-c2noc(CNS(=O)(=O)c3ccc(Br)cc3)n2)cc1. The molecule has 3 aromatic rings. The van der Waals surface area contributed by atoms with Crippen LogP contribution in [0.15, 0.2) is 62.4 Å². The monoisotopic (exact) mass is 407 g/mol. The number of rotatable bonds is 5. The summed E-state index contributed by atoms with van der Waals surface area (Å²) in [6.07, 6.45) is 0. The Balaban J connectivity index is 1.71. The molecule has 0 fully saturated rings. The standard InChI is InChI=1S/C16H14BrN3O3S/c1-11-2-4-12(5-3-11)16-19-15(23-20-16)10-18-24(21,22)14-8-6-13(17)7-9-14/h2-9,18H,10H2,1H3. The first-order chi connectivity index (χ1) is 11.4. The van der Waals surface area contributed by atoms with Crippen molar-refractivity contribution in [1.29, 1.82) is 0 Å². The van der Waals surface area contributed by atoms with Crippen molar-refractivity contribution in [3.8, 4) is 11.4 Å². The van der Waals surface area contributed by atoms with E-state index in [-0.39, 0.29) is 17.3 Å². The van der Waals surface area contributed by atoms with Gasteiger partial charge in [0.05, 0.1) is 11.4 Å². The molecule has 0 saturated carbocycles. The maximum absolute atomic E-state index is 12.2. The van der Waals surface area contributed by atoms with Crippen LogP contribution >= 0.6 is 15.9 Å². The van der Waals surface area contributed by atoms with E-state index < -0.39 is 10.0 Å². The van der Waals surface area contributed by atoms with Crippen molar-refractivity contribution in [2.45, 2.75) is 18.4 Å². The van der Waals surface area contributed by atoms with E-state index in [0.717, 1.165) is 15.6 Å². The first-order valence-electron chi connectivity index (χ1n) is 7.09. The summed E-state index contributed by atoms with van der Waals surface area (Å²) in [5.41, 5.74) is 1.94. The molecule has 6 nitrogen and oxygen atoms in total. The summed E-state index contributed by atoms with van der Waals surface area (Å²) in [6.45, 7) is 1.92. The maximum Gasteiger partial charge on any atom is 0.242 e. The zero-order chi connectivity index (χ0) is 17.2. The minimum atomic E-state index is -3.63. The third kappa shape index (κ3) is 3.89. The number of halogens is 1. The highest BCUT2D eigenvalue weighted by molar-refractivity contribution is 9.10. The second-order valence-corrected chi connectivity index (χ2v) is 7.84. The van der Waals surface area contributed by atoms with Crippen LogP contribution in [-0.4, -0.2) is 18.6 Å². The molecule has 0 amide bonds. The molecule has 0 saturated heterocycles. The lowest BCUT2D eigenvalue weighted by Crippen LogP contribution is -2.23. The van der Waals surface area contributed by atoms with Crippen molar-refractivity contribution in [3.05, 3.63) is 64.5 Å². The minimum Gasteiger partial charge on any atom is -0.338 e. The highest BCUT2D eigenvalue weighted by Crippen LogP contribution is 2.17. The van der Waals surface area contributed by atoms with Crippen molar-refractivity contribution < 1.29 is 12.9 Å². The van der Waals surface area contributed by atoms with Crippen LogP contribution in [0.2, 0.25) is 0 Å². The van der Waals surface area contributed by atoms with Gasteiger partial charge >= 0.3 is 0 Å². The zero-order valence-corrected chi connectivity index (χ0v) is 15.1. The van der Waals surface area contributed by atoms with E-state index in [1.807, 2.05) is 31.2 Å². The van der Waals surface area contributed by atoms with Crippen LogP contribution in [0, 0.1) is 6.92 Å². The Hall–Kier alpha value is -2.03. The molecular weight excluding hydrogens is 394 g/mol. The first-order valence-corrected chi connectivity index (χ1v) is 9.36. The van der Waals surface area contributed by atoms with Crippen LogP contribution in [0.5, 0.6) is 0 Å². The molecule has 0 spiro atoms. The van der Waals surface area contributed by atoms with Gasteiger partial charge in [-0.05, 0) is 31.2 Å². The highest BCUT2D eigenvalue weighted by Gasteiger charge is 2.16. The number of aryl methyl sites for hydroxylation is 1. The van der Waals surface area contributed by atoms with Gasteiger partial charge in [0.1, 0.15) is 0 Å². The molecule has 0 radical (unpaired) electrons.